The smallest absolute Gasteiger partial charge is 0.264 e. The van der Waals surface area contributed by atoms with E-state index < -0.39 is 28.5 Å². The average Bonchev–Trinajstić information content (AvgIpc) is 3.00. The molecule has 1 N–H and O–H groups in total. The summed E-state index contributed by atoms with van der Waals surface area (Å²) in [6.45, 7) is 5.14. The van der Waals surface area contributed by atoms with Crippen molar-refractivity contribution in [3.05, 3.63) is 130 Å². The van der Waals surface area contributed by atoms with Crippen molar-refractivity contribution in [2.24, 2.45) is 0 Å². The Labute approximate surface area is 269 Å². The zero-order valence-corrected chi connectivity index (χ0v) is 27.1. The van der Waals surface area contributed by atoms with Crippen LogP contribution in [-0.4, -0.2) is 43.8 Å². The molecule has 0 aliphatic carbocycles. The van der Waals surface area contributed by atoms with Crippen LogP contribution < -0.4 is 9.62 Å². The molecule has 0 spiro atoms. The van der Waals surface area contributed by atoms with Crippen LogP contribution in [0.3, 0.4) is 0 Å². The Balaban J connectivity index is 1.82. The van der Waals surface area contributed by atoms with Gasteiger partial charge in [-0.25, -0.2) is 8.42 Å². The summed E-state index contributed by atoms with van der Waals surface area (Å²) in [7, 11) is -4.23. The monoisotopic (exact) mass is 651 g/mol. The number of carbonyl (C=O) groups excluding carboxylic acids is 2. The zero-order chi connectivity index (χ0) is 31.9. The Bertz CT molecular complexity index is 1700. The van der Waals surface area contributed by atoms with Crippen LogP contribution in [0.1, 0.15) is 30.5 Å². The summed E-state index contributed by atoms with van der Waals surface area (Å²) in [6.07, 6.45) is 0.231. The molecule has 4 aromatic carbocycles. The lowest BCUT2D eigenvalue weighted by atomic mass is 10.0. The van der Waals surface area contributed by atoms with Gasteiger partial charge in [0.15, 0.2) is 0 Å². The lowest BCUT2D eigenvalue weighted by Crippen LogP contribution is -2.54. The van der Waals surface area contributed by atoms with E-state index in [9.17, 15) is 18.0 Å². The number of anilines is 1. The fourth-order valence-electron chi connectivity index (χ4n) is 4.79. The Kier molecular flexibility index (Phi) is 11.1. The Hall–Kier alpha value is -3.85. The van der Waals surface area contributed by atoms with Crippen molar-refractivity contribution >= 4 is 50.7 Å². The number of aryl methyl sites for hydroxylation is 1. The molecule has 2 amide bonds. The number of amides is 2. The van der Waals surface area contributed by atoms with Gasteiger partial charge in [-0.3, -0.25) is 13.9 Å². The minimum atomic E-state index is -4.23. The number of nitrogens with zero attached hydrogens (tertiary/aromatic N) is 2. The van der Waals surface area contributed by atoms with E-state index in [0.29, 0.717) is 0 Å². The van der Waals surface area contributed by atoms with Crippen LogP contribution in [0.5, 0.6) is 0 Å². The van der Waals surface area contributed by atoms with Gasteiger partial charge in [0.1, 0.15) is 12.6 Å². The summed E-state index contributed by atoms with van der Waals surface area (Å²) in [5, 5.41) is 3.34. The topological polar surface area (TPSA) is 86.8 Å². The van der Waals surface area contributed by atoms with Crippen LogP contribution in [0.2, 0.25) is 10.0 Å². The molecule has 4 aromatic rings. The molecule has 0 aliphatic heterocycles. The molecule has 0 saturated heterocycles. The van der Waals surface area contributed by atoms with Gasteiger partial charge in [-0.2, -0.15) is 0 Å². The molecule has 10 heteroatoms. The van der Waals surface area contributed by atoms with Crippen molar-refractivity contribution in [2.45, 2.75) is 50.7 Å². The molecule has 0 heterocycles. The first-order valence-electron chi connectivity index (χ1n) is 14.2. The first-order chi connectivity index (χ1) is 21.0. The first-order valence-corrected chi connectivity index (χ1v) is 16.4. The third kappa shape index (κ3) is 8.20. The molecule has 0 radical (unpaired) electrons. The predicted octanol–water partition coefficient (Wildman–Crippen LogP) is 6.66. The van der Waals surface area contributed by atoms with Gasteiger partial charge in [-0.1, -0.05) is 96.0 Å². The normalized spacial score (nSPS) is 12.0. The van der Waals surface area contributed by atoms with Gasteiger partial charge in [0.25, 0.3) is 10.0 Å². The third-order valence-corrected chi connectivity index (χ3v) is 9.63. The third-order valence-electron chi connectivity index (χ3n) is 7.11. The van der Waals surface area contributed by atoms with E-state index >= 15 is 0 Å². The second kappa shape index (κ2) is 14.8. The first kappa shape index (κ1) is 33.1. The van der Waals surface area contributed by atoms with Gasteiger partial charge in [-0.05, 0) is 67.8 Å². The van der Waals surface area contributed by atoms with Gasteiger partial charge in [-0.15, -0.1) is 0 Å². The van der Waals surface area contributed by atoms with E-state index in [1.54, 1.807) is 18.2 Å². The van der Waals surface area contributed by atoms with E-state index in [0.717, 1.165) is 21.0 Å². The summed E-state index contributed by atoms with van der Waals surface area (Å²) in [5.74, 6) is -0.892. The number of hydrogen-bond donors (Lipinski definition) is 1. The van der Waals surface area contributed by atoms with Gasteiger partial charge in [0, 0.05) is 19.0 Å². The van der Waals surface area contributed by atoms with E-state index in [4.69, 9.17) is 23.2 Å². The molecular formula is C34H35Cl2N3O4S. The van der Waals surface area contributed by atoms with Gasteiger partial charge in [0.05, 0.1) is 20.6 Å². The molecule has 0 unspecified atom stereocenters. The predicted molar refractivity (Wildman–Crippen MR) is 176 cm³/mol. The maximum Gasteiger partial charge on any atom is 0.264 e. The summed E-state index contributed by atoms with van der Waals surface area (Å²) in [6, 6.07) is 28.2. The zero-order valence-electron chi connectivity index (χ0n) is 24.8. The summed E-state index contributed by atoms with van der Waals surface area (Å²) < 4.78 is 29.1. The largest absolute Gasteiger partial charge is 0.352 e. The summed E-state index contributed by atoms with van der Waals surface area (Å²) in [4.78, 5) is 29.7. The number of sulfonamides is 1. The Morgan fingerprint density at radius 1 is 0.818 bits per heavy atom. The van der Waals surface area contributed by atoms with Crippen LogP contribution in [0.4, 0.5) is 5.69 Å². The number of rotatable bonds is 12. The molecule has 4 rings (SSSR count). The van der Waals surface area contributed by atoms with E-state index in [-0.39, 0.29) is 45.5 Å². The molecule has 0 fully saturated rings. The quantitative estimate of drug-likeness (QED) is 0.186. The second-order valence-electron chi connectivity index (χ2n) is 10.7. The fraction of sp³-hybridized carbons (Fsp3) is 0.235. The minimum Gasteiger partial charge on any atom is -0.352 e. The standard InChI is InChI=1S/C34H35Cl2N3O4S/c1-24(2)37-34(41)32(20-26-13-6-4-7-14-26)38(22-27-15-11-10-12-25(27)3)33(40)23-39(28-18-19-30(35)31(36)21-28)44(42,43)29-16-8-5-9-17-29/h4-19,21,24,32H,20,22-23H2,1-3H3,(H,37,41)/t32-/m0/s1. The van der Waals surface area contributed by atoms with Gasteiger partial charge in [0.2, 0.25) is 11.8 Å². The Morgan fingerprint density at radius 2 is 1.43 bits per heavy atom. The van der Waals surface area contributed by atoms with E-state index in [1.165, 1.54) is 35.2 Å². The average molecular weight is 653 g/mol. The molecule has 0 aliphatic rings. The number of halogens is 2. The van der Waals surface area contributed by atoms with Crippen molar-refractivity contribution in [2.75, 3.05) is 10.8 Å². The molecule has 0 aromatic heterocycles. The van der Waals surface area contributed by atoms with E-state index in [1.807, 2.05) is 75.4 Å². The highest BCUT2D eigenvalue weighted by Gasteiger charge is 2.35. The highest BCUT2D eigenvalue weighted by Crippen LogP contribution is 2.31. The maximum absolute atomic E-state index is 14.5. The Morgan fingerprint density at radius 3 is 2.05 bits per heavy atom. The minimum absolute atomic E-state index is 0.00251. The molecular weight excluding hydrogens is 617 g/mol. The van der Waals surface area contributed by atoms with Crippen LogP contribution >= 0.6 is 23.2 Å². The highest BCUT2D eigenvalue weighted by molar-refractivity contribution is 7.92. The SMILES string of the molecule is Cc1ccccc1CN(C(=O)CN(c1ccc(Cl)c(Cl)c1)S(=O)(=O)c1ccccc1)[C@@H](Cc1ccccc1)C(=O)NC(C)C. The van der Waals surface area contributed by atoms with Crippen LogP contribution in [-0.2, 0) is 32.6 Å². The lowest BCUT2D eigenvalue weighted by Gasteiger charge is -2.34. The number of benzene rings is 4. The molecule has 0 saturated carbocycles. The molecule has 1 atom stereocenters. The van der Waals surface area contributed by atoms with Crippen molar-refractivity contribution in [1.82, 2.24) is 10.2 Å². The highest BCUT2D eigenvalue weighted by atomic mass is 35.5. The second-order valence-corrected chi connectivity index (χ2v) is 13.4. The van der Waals surface area contributed by atoms with Crippen LogP contribution in [0.15, 0.2) is 108 Å². The van der Waals surface area contributed by atoms with Crippen molar-refractivity contribution in [1.29, 1.82) is 0 Å². The van der Waals surface area contributed by atoms with Crippen molar-refractivity contribution < 1.29 is 18.0 Å². The van der Waals surface area contributed by atoms with Gasteiger partial charge >= 0.3 is 0 Å². The van der Waals surface area contributed by atoms with Crippen LogP contribution in [0, 0.1) is 6.92 Å². The van der Waals surface area contributed by atoms with E-state index in [2.05, 4.69) is 5.32 Å². The number of nitrogens with one attached hydrogen (secondary N) is 1. The lowest BCUT2D eigenvalue weighted by molar-refractivity contribution is -0.140. The van der Waals surface area contributed by atoms with Gasteiger partial charge < -0.3 is 10.2 Å². The molecule has 0 bridgehead atoms. The van der Waals surface area contributed by atoms with Crippen LogP contribution in [0.25, 0.3) is 0 Å². The fourth-order valence-corrected chi connectivity index (χ4v) is 6.51. The number of carbonyl (C=O) groups is 2. The van der Waals surface area contributed by atoms with Crippen molar-refractivity contribution in [3.8, 4) is 0 Å². The summed E-state index contributed by atoms with van der Waals surface area (Å²) in [5.41, 5.74) is 2.80. The maximum atomic E-state index is 14.5. The van der Waals surface area contributed by atoms with Crippen molar-refractivity contribution in [3.63, 3.8) is 0 Å². The molecule has 230 valence electrons. The number of hydrogen-bond acceptors (Lipinski definition) is 4. The molecule has 44 heavy (non-hydrogen) atoms. The molecule has 7 nitrogen and oxygen atoms in total. The summed E-state index contributed by atoms with van der Waals surface area (Å²) >= 11 is 12.5.